The minimum Gasteiger partial charge on any atom is -0.748 e. The summed E-state index contributed by atoms with van der Waals surface area (Å²) in [6, 6.07) is 17.2. The molecule has 2 rings (SSSR count). The molecule has 2 nitrogen and oxygen atoms in total. The van der Waals surface area contributed by atoms with E-state index in [1.165, 1.54) is 0 Å². The molecule has 0 aliphatic carbocycles. The Morgan fingerprint density at radius 3 is 1.62 bits per heavy atom. The molecular weight excluding hydrogens is 244 g/mol. The van der Waals surface area contributed by atoms with Crippen LogP contribution in [0.4, 0.5) is 0 Å². The first-order valence-corrected chi connectivity index (χ1v) is 4.79. The normalized spacial score (nSPS) is 7.38. The Morgan fingerprint density at radius 1 is 1.12 bits per heavy atom. The molecular formula is C13H16FeO2-6. The van der Waals surface area contributed by atoms with Gasteiger partial charge in [-0.2, -0.15) is 12.1 Å². The van der Waals surface area contributed by atoms with Crippen molar-refractivity contribution in [2.45, 2.75) is 6.92 Å². The van der Waals surface area contributed by atoms with Crippen LogP contribution in [-0.2, 0) is 17.1 Å². The Labute approximate surface area is 107 Å². The number of aliphatic hydroxyl groups excluding tert-OH is 1. The fraction of sp³-hybridized carbons (Fsp3) is 0.154. The zero-order valence-corrected chi connectivity index (χ0v) is 10.3. The SMILES string of the molecule is CCO.O=C[c-]1cccc1.[Fe].[cH-]1[cH-][cH-][cH-][cH-]1. The van der Waals surface area contributed by atoms with Gasteiger partial charge >= 0.3 is 0 Å². The summed E-state index contributed by atoms with van der Waals surface area (Å²) in [6.07, 6.45) is 0.833. The molecule has 0 atom stereocenters. The van der Waals surface area contributed by atoms with E-state index in [4.69, 9.17) is 5.11 Å². The average molecular weight is 260 g/mol. The number of aldehydes is 1. The zero-order chi connectivity index (χ0) is 11.4. The number of aliphatic hydroxyl groups is 1. The van der Waals surface area contributed by atoms with Gasteiger partial charge < -0.3 is 40.2 Å². The third-order valence-electron chi connectivity index (χ3n) is 1.38. The van der Waals surface area contributed by atoms with Crippen LogP contribution in [0.3, 0.4) is 0 Å². The Kier molecular flexibility index (Phi) is 14.9. The molecule has 0 amide bonds. The Bertz CT molecular complexity index is 281. The minimum absolute atomic E-state index is 0. The average Bonchev–Trinajstić information content (AvgIpc) is 2.96. The summed E-state index contributed by atoms with van der Waals surface area (Å²) in [7, 11) is 0. The van der Waals surface area contributed by atoms with Gasteiger partial charge in [0.25, 0.3) is 0 Å². The van der Waals surface area contributed by atoms with Gasteiger partial charge in [-0.1, -0.05) is 5.56 Å². The van der Waals surface area contributed by atoms with Gasteiger partial charge in [0.05, 0.1) is 6.29 Å². The van der Waals surface area contributed by atoms with Crippen LogP contribution in [0.1, 0.15) is 17.3 Å². The third kappa shape index (κ3) is 10.9. The second kappa shape index (κ2) is 13.8. The largest absolute Gasteiger partial charge is 0.748 e. The molecule has 0 aliphatic rings. The second-order valence-electron chi connectivity index (χ2n) is 2.61. The number of carbonyl (C=O) groups is 1. The summed E-state index contributed by atoms with van der Waals surface area (Å²) in [6.45, 7) is 1.93. The van der Waals surface area contributed by atoms with Crippen molar-refractivity contribution in [2.75, 3.05) is 6.61 Å². The standard InChI is InChI=1S/C6H5O.C5H5.C2H6O.Fe/c7-5-6-3-1-2-4-6;1-2-4-5-3-1;1-2-3;/h1-5H;1-5H;3H,2H2,1H3;/q-1;-5;;. The van der Waals surface area contributed by atoms with E-state index in [0.717, 1.165) is 11.8 Å². The summed E-state index contributed by atoms with van der Waals surface area (Å²) in [5, 5.41) is 7.57. The topological polar surface area (TPSA) is 37.3 Å². The van der Waals surface area contributed by atoms with Crippen molar-refractivity contribution >= 4 is 6.29 Å². The molecule has 0 bridgehead atoms. The maximum atomic E-state index is 9.87. The van der Waals surface area contributed by atoms with Crippen LogP contribution in [0, 0.1) is 0 Å². The molecule has 94 valence electrons. The molecule has 0 saturated carbocycles. The minimum atomic E-state index is 0. The predicted molar refractivity (Wildman–Crippen MR) is 62.2 cm³/mol. The number of rotatable bonds is 1. The van der Waals surface area contributed by atoms with E-state index >= 15 is 0 Å². The summed E-state index contributed by atoms with van der Waals surface area (Å²) < 4.78 is 0. The molecule has 1 N–H and O–H groups in total. The first-order valence-electron chi connectivity index (χ1n) is 4.79. The van der Waals surface area contributed by atoms with Crippen molar-refractivity contribution < 1.29 is 27.0 Å². The molecule has 0 fully saturated rings. The van der Waals surface area contributed by atoms with Gasteiger partial charge in [0, 0.05) is 23.7 Å². The second-order valence-corrected chi connectivity index (χ2v) is 2.61. The molecule has 2 aromatic carbocycles. The number of carbonyl (C=O) groups excluding carboxylic acids is 1. The van der Waals surface area contributed by atoms with Crippen LogP contribution >= 0.6 is 0 Å². The summed E-state index contributed by atoms with van der Waals surface area (Å²) in [4.78, 5) is 9.87. The van der Waals surface area contributed by atoms with Crippen LogP contribution in [-0.4, -0.2) is 18.0 Å². The molecule has 2 aromatic rings. The molecule has 0 spiro atoms. The van der Waals surface area contributed by atoms with Crippen molar-refractivity contribution in [3.05, 3.63) is 60.2 Å². The van der Waals surface area contributed by atoms with Crippen LogP contribution < -0.4 is 0 Å². The molecule has 0 aliphatic heterocycles. The molecule has 0 aromatic heterocycles. The Morgan fingerprint density at radius 2 is 1.44 bits per heavy atom. The van der Waals surface area contributed by atoms with E-state index in [2.05, 4.69) is 0 Å². The van der Waals surface area contributed by atoms with Gasteiger partial charge in [-0.05, 0) is 6.92 Å². The van der Waals surface area contributed by atoms with Crippen molar-refractivity contribution in [3.63, 3.8) is 0 Å². The van der Waals surface area contributed by atoms with Crippen molar-refractivity contribution in [1.82, 2.24) is 0 Å². The van der Waals surface area contributed by atoms with Crippen LogP contribution in [0.2, 0.25) is 0 Å². The van der Waals surface area contributed by atoms with Gasteiger partial charge in [-0.15, -0.1) is 0 Å². The zero-order valence-electron chi connectivity index (χ0n) is 9.19. The third-order valence-corrected chi connectivity index (χ3v) is 1.38. The Balaban J connectivity index is 0. The number of hydrogen-bond acceptors (Lipinski definition) is 2. The first kappa shape index (κ1) is 17.3. The molecule has 0 unspecified atom stereocenters. The Hall–Kier alpha value is -1.15. The quantitative estimate of drug-likeness (QED) is 0.486. The monoisotopic (exact) mass is 260 g/mol. The van der Waals surface area contributed by atoms with Gasteiger partial charge in [0.15, 0.2) is 0 Å². The van der Waals surface area contributed by atoms with Crippen LogP contribution in [0.5, 0.6) is 0 Å². The smallest absolute Gasteiger partial charge is 0.0949 e. The first-order chi connectivity index (χ1) is 7.35. The number of hydrogen-bond donors (Lipinski definition) is 1. The van der Waals surface area contributed by atoms with E-state index in [1.807, 2.05) is 42.5 Å². The van der Waals surface area contributed by atoms with E-state index in [-0.39, 0.29) is 23.7 Å². The van der Waals surface area contributed by atoms with Crippen molar-refractivity contribution in [1.29, 1.82) is 0 Å². The van der Waals surface area contributed by atoms with Crippen molar-refractivity contribution in [3.8, 4) is 0 Å². The van der Waals surface area contributed by atoms with E-state index in [0.29, 0.717) is 0 Å². The predicted octanol–water partition coefficient (Wildman–Crippen LogP) is 2.62. The fourth-order valence-corrected chi connectivity index (χ4v) is 0.788. The van der Waals surface area contributed by atoms with E-state index < -0.39 is 0 Å². The van der Waals surface area contributed by atoms with Gasteiger partial charge in [-0.3, -0.25) is 0 Å². The van der Waals surface area contributed by atoms with Crippen LogP contribution in [0.15, 0.2) is 54.6 Å². The van der Waals surface area contributed by atoms with Gasteiger partial charge in [0.2, 0.25) is 0 Å². The maximum absolute atomic E-state index is 9.87. The molecule has 16 heavy (non-hydrogen) atoms. The van der Waals surface area contributed by atoms with E-state index in [1.54, 1.807) is 19.1 Å². The summed E-state index contributed by atoms with van der Waals surface area (Å²) in [5.41, 5.74) is 0.750. The molecule has 0 radical (unpaired) electrons. The molecule has 0 heterocycles. The van der Waals surface area contributed by atoms with Crippen molar-refractivity contribution in [2.24, 2.45) is 0 Å². The fourth-order valence-electron chi connectivity index (χ4n) is 0.788. The summed E-state index contributed by atoms with van der Waals surface area (Å²) >= 11 is 0. The van der Waals surface area contributed by atoms with Crippen LogP contribution in [0.25, 0.3) is 0 Å². The maximum Gasteiger partial charge on any atom is 0.0949 e. The summed E-state index contributed by atoms with van der Waals surface area (Å²) in [5.74, 6) is 0. The molecule has 0 saturated heterocycles. The van der Waals surface area contributed by atoms with Gasteiger partial charge in [0.1, 0.15) is 0 Å². The molecule has 3 heteroatoms. The van der Waals surface area contributed by atoms with E-state index in [9.17, 15) is 4.79 Å². The van der Waals surface area contributed by atoms with Gasteiger partial charge in [-0.25, -0.2) is 12.1 Å².